The Bertz CT molecular complexity index is 335. The van der Waals surface area contributed by atoms with Gasteiger partial charge in [0.2, 0.25) is 0 Å². The number of nitrogens with one attached hydrogen (secondary N) is 1. The molecule has 0 aromatic heterocycles. The van der Waals surface area contributed by atoms with Crippen molar-refractivity contribution in [2.45, 2.75) is 27.3 Å². The van der Waals surface area contributed by atoms with Crippen LogP contribution in [0.2, 0.25) is 0 Å². The van der Waals surface area contributed by atoms with Crippen LogP contribution in [-0.4, -0.2) is 26.7 Å². The smallest absolute Gasteiger partial charge is 0.142 e. The highest BCUT2D eigenvalue weighted by atomic mass is 16.5. The Hall–Kier alpha value is -1.22. The predicted octanol–water partition coefficient (Wildman–Crippen LogP) is 2.65. The summed E-state index contributed by atoms with van der Waals surface area (Å²) in [4.78, 5) is 2.30. The first-order chi connectivity index (χ1) is 8.26. The van der Waals surface area contributed by atoms with Gasteiger partial charge < -0.3 is 15.0 Å². The molecular formula is C14H24N2O. The Kier molecular flexibility index (Phi) is 5.84. The fraction of sp³-hybridized carbons (Fsp3) is 0.571. The van der Waals surface area contributed by atoms with Crippen molar-refractivity contribution < 1.29 is 4.74 Å². The lowest BCUT2D eigenvalue weighted by Crippen LogP contribution is -2.22. The van der Waals surface area contributed by atoms with Crippen molar-refractivity contribution in [2.24, 2.45) is 0 Å². The molecule has 0 aliphatic heterocycles. The van der Waals surface area contributed by atoms with Crippen LogP contribution >= 0.6 is 0 Å². The Labute approximate surface area is 105 Å². The van der Waals surface area contributed by atoms with Crippen LogP contribution in [0.15, 0.2) is 18.2 Å². The lowest BCUT2D eigenvalue weighted by molar-refractivity contribution is 0.414. The van der Waals surface area contributed by atoms with Gasteiger partial charge in [-0.2, -0.15) is 0 Å². The molecule has 17 heavy (non-hydrogen) atoms. The fourth-order valence-electron chi connectivity index (χ4n) is 1.93. The molecular weight excluding hydrogens is 212 g/mol. The molecule has 0 fully saturated rings. The molecule has 0 atom stereocenters. The molecule has 0 radical (unpaired) electrons. The second-order valence-corrected chi connectivity index (χ2v) is 3.96. The van der Waals surface area contributed by atoms with Crippen LogP contribution in [0, 0.1) is 0 Å². The zero-order chi connectivity index (χ0) is 12.7. The van der Waals surface area contributed by atoms with Gasteiger partial charge in [0, 0.05) is 19.6 Å². The molecule has 0 amide bonds. The maximum absolute atomic E-state index is 5.48. The largest absolute Gasteiger partial charge is 0.495 e. The van der Waals surface area contributed by atoms with Crippen LogP contribution in [0.4, 0.5) is 5.69 Å². The van der Waals surface area contributed by atoms with E-state index in [1.165, 1.54) is 11.3 Å². The number of hydrogen-bond acceptors (Lipinski definition) is 3. The molecule has 96 valence electrons. The van der Waals surface area contributed by atoms with Crippen LogP contribution in [0.5, 0.6) is 5.75 Å². The average molecular weight is 236 g/mol. The molecule has 1 rings (SSSR count). The maximum Gasteiger partial charge on any atom is 0.142 e. The van der Waals surface area contributed by atoms with Gasteiger partial charge in [-0.25, -0.2) is 0 Å². The van der Waals surface area contributed by atoms with E-state index >= 15 is 0 Å². The minimum atomic E-state index is 0.894. The third-order valence-electron chi connectivity index (χ3n) is 2.93. The third-order valence-corrected chi connectivity index (χ3v) is 2.93. The van der Waals surface area contributed by atoms with E-state index in [9.17, 15) is 0 Å². The molecule has 0 saturated heterocycles. The standard InChI is InChI=1S/C14H24N2O/c1-5-15-11-12-8-9-13(14(10-12)17-4)16(6-2)7-3/h8-10,15H,5-7,11H2,1-4H3. The first kappa shape index (κ1) is 13.8. The third kappa shape index (κ3) is 3.63. The second kappa shape index (κ2) is 7.17. The van der Waals surface area contributed by atoms with Crippen molar-refractivity contribution in [2.75, 3.05) is 31.6 Å². The van der Waals surface area contributed by atoms with Crippen molar-refractivity contribution in [3.05, 3.63) is 23.8 Å². The van der Waals surface area contributed by atoms with Crippen LogP contribution in [-0.2, 0) is 6.54 Å². The van der Waals surface area contributed by atoms with E-state index in [0.29, 0.717) is 0 Å². The molecule has 0 spiro atoms. The van der Waals surface area contributed by atoms with Gasteiger partial charge in [-0.3, -0.25) is 0 Å². The van der Waals surface area contributed by atoms with Gasteiger partial charge in [-0.05, 0) is 38.1 Å². The Balaban J connectivity index is 2.92. The molecule has 0 heterocycles. The number of anilines is 1. The van der Waals surface area contributed by atoms with E-state index in [0.717, 1.165) is 31.9 Å². The van der Waals surface area contributed by atoms with E-state index in [1.54, 1.807) is 7.11 Å². The highest BCUT2D eigenvalue weighted by molar-refractivity contribution is 5.59. The van der Waals surface area contributed by atoms with Crippen molar-refractivity contribution >= 4 is 5.69 Å². The van der Waals surface area contributed by atoms with Crippen molar-refractivity contribution in [3.8, 4) is 5.75 Å². The summed E-state index contributed by atoms with van der Waals surface area (Å²) in [7, 11) is 1.74. The summed E-state index contributed by atoms with van der Waals surface area (Å²) >= 11 is 0. The predicted molar refractivity (Wildman–Crippen MR) is 73.9 cm³/mol. The van der Waals surface area contributed by atoms with Gasteiger partial charge in [0.05, 0.1) is 12.8 Å². The molecule has 0 aliphatic carbocycles. The van der Waals surface area contributed by atoms with E-state index in [1.807, 2.05) is 0 Å². The van der Waals surface area contributed by atoms with Crippen molar-refractivity contribution in [3.63, 3.8) is 0 Å². The zero-order valence-corrected chi connectivity index (χ0v) is 11.4. The molecule has 3 heteroatoms. The Morgan fingerprint density at radius 1 is 1.18 bits per heavy atom. The summed E-state index contributed by atoms with van der Waals surface area (Å²) in [5.74, 6) is 0.962. The second-order valence-electron chi connectivity index (χ2n) is 3.96. The molecule has 3 nitrogen and oxygen atoms in total. The van der Waals surface area contributed by atoms with Gasteiger partial charge in [0.25, 0.3) is 0 Å². The molecule has 0 bridgehead atoms. The molecule has 1 N–H and O–H groups in total. The molecule has 0 saturated carbocycles. The Morgan fingerprint density at radius 2 is 1.88 bits per heavy atom. The molecule has 0 unspecified atom stereocenters. The summed E-state index contributed by atoms with van der Waals surface area (Å²) in [6.07, 6.45) is 0. The molecule has 1 aromatic rings. The monoisotopic (exact) mass is 236 g/mol. The summed E-state index contributed by atoms with van der Waals surface area (Å²) in [6, 6.07) is 6.44. The van der Waals surface area contributed by atoms with E-state index in [-0.39, 0.29) is 0 Å². The van der Waals surface area contributed by atoms with E-state index in [2.05, 4.69) is 49.2 Å². The van der Waals surface area contributed by atoms with Crippen LogP contribution in [0.1, 0.15) is 26.3 Å². The number of rotatable bonds is 7. The normalized spacial score (nSPS) is 10.4. The highest BCUT2D eigenvalue weighted by Crippen LogP contribution is 2.29. The number of nitrogens with zero attached hydrogens (tertiary/aromatic N) is 1. The zero-order valence-electron chi connectivity index (χ0n) is 11.4. The van der Waals surface area contributed by atoms with Crippen molar-refractivity contribution in [1.29, 1.82) is 0 Å². The number of methoxy groups -OCH3 is 1. The van der Waals surface area contributed by atoms with Crippen LogP contribution in [0.3, 0.4) is 0 Å². The van der Waals surface area contributed by atoms with E-state index in [4.69, 9.17) is 4.74 Å². The average Bonchev–Trinajstić information content (AvgIpc) is 2.38. The van der Waals surface area contributed by atoms with Gasteiger partial charge in [-0.15, -0.1) is 0 Å². The summed E-state index contributed by atoms with van der Waals surface area (Å²) in [5.41, 5.74) is 2.44. The lowest BCUT2D eigenvalue weighted by atomic mass is 10.1. The minimum absolute atomic E-state index is 0.894. The number of ether oxygens (including phenoxy) is 1. The topological polar surface area (TPSA) is 24.5 Å². The quantitative estimate of drug-likeness (QED) is 0.787. The lowest BCUT2D eigenvalue weighted by Gasteiger charge is -2.23. The van der Waals surface area contributed by atoms with Gasteiger partial charge >= 0.3 is 0 Å². The summed E-state index contributed by atoms with van der Waals surface area (Å²) in [5, 5.41) is 3.32. The first-order valence-electron chi connectivity index (χ1n) is 6.39. The number of benzene rings is 1. The summed E-state index contributed by atoms with van der Waals surface area (Å²) < 4.78 is 5.48. The SMILES string of the molecule is CCNCc1ccc(N(CC)CC)c(OC)c1. The van der Waals surface area contributed by atoms with Gasteiger partial charge in [-0.1, -0.05) is 13.0 Å². The minimum Gasteiger partial charge on any atom is -0.495 e. The molecule has 0 aliphatic rings. The number of hydrogen-bond donors (Lipinski definition) is 1. The fourth-order valence-corrected chi connectivity index (χ4v) is 1.93. The van der Waals surface area contributed by atoms with Crippen LogP contribution in [0.25, 0.3) is 0 Å². The van der Waals surface area contributed by atoms with Gasteiger partial charge in [0.1, 0.15) is 5.75 Å². The molecule has 1 aromatic carbocycles. The Morgan fingerprint density at radius 3 is 2.41 bits per heavy atom. The highest BCUT2D eigenvalue weighted by Gasteiger charge is 2.09. The van der Waals surface area contributed by atoms with Crippen molar-refractivity contribution in [1.82, 2.24) is 5.32 Å². The van der Waals surface area contributed by atoms with Crippen LogP contribution < -0.4 is 15.0 Å². The summed E-state index contributed by atoms with van der Waals surface area (Å²) in [6.45, 7) is 10.3. The van der Waals surface area contributed by atoms with Gasteiger partial charge in [0.15, 0.2) is 0 Å². The van der Waals surface area contributed by atoms with E-state index < -0.39 is 0 Å². The first-order valence-corrected chi connectivity index (χ1v) is 6.39. The maximum atomic E-state index is 5.48.